The van der Waals surface area contributed by atoms with Gasteiger partial charge in [-0.15, -0.1) is 0 Å². The third-order valence-electron chi connectivity index (χ3n) is 3.18. The molecule has 0 atom stereocenters. The van der Waals surface area contributed by atoms with E-state index in [1.165, 1.54) is 7.11 Å². The number of carbonyl (C=O) groups excluding carboxylic acids is 1. The summed E-state index contributed by atoms with van der Waals surface area (Å²) in [5.41, 5.74) is -0.466. The van der Waals surface area contributed by atoms with E-state index >= 15 is 0 Å². The van der Waals surface area contributed by atoms with Crippen molar-refractivity contribution in [3.63, 3.8) is 0 Å². The first-order valence-electron chi connectivity index (χ1n) is 5.80. The molecule has 94 valence electrons. The maximum absolute atomic E-state index is 11.5. The zero-order valence-corrected chi connectivity index (χ0v) is 10.7. The Morgan fingerprint density at radius 3 is 2.50 bits per heavy atom. The van der Waals surface area contributed by atoms with Gasteiger partial charge in [-0.25, -0.2) is 0 Å². The molecule has 0 aliphatic heterocycles. The van der Waals surface area contributed by atoms with Crippen molar-refractivity contribution in [1.29, 1.82) is 0 Å². The molecule has 0 saturated heterocycles. The van der Waals surface area contributed by atoms with Crippen LogP contribution in [-0.2, 0) is 9.53 Å². The zero-order valence-electron chi connectivity index (χ0n) is 10.7. The highest BCUT2D eigenvalue weighted by molar-refractivity contribution is 5.76. The minimum absolute atomic E-state index is 0.105. The van der Waals surface area contributed by atoms with Crippen LogP contribution in [0.25, 0.3) is 0 Å². The van der Waals surface area contributed by atoms with Crippen molar-refractivity contribution >= 4 is 5.97 Å². The van der Waals surface area contributed by atoms with Crippen molar-refractivity contribution < 1.29 is 14.6 Å². The van der Waals surface area contributed by atoms with E-state index < -0.39 is 5.41 Å². The van der Waals surface area contributed by atoms with Gasteiger partial charge in [-0.2, -0.15) is 0 Å². The highest BCUT2D eigenvalue weighted by atomic mass is 16.5. The largest absolute Gasteiger partial charge is 0.469 e. The van der Waals surface area contributed by atoms with Gasteiger partial charge in [-0.3, -0.25) is 4.79 Å². The van der Waals surface area contributed by atoms with Gasteiger partial charge in [0.05, 0.1) is 18.6 Å². The Labute approximate surface area is 97.6 Å². The predicted molar refractivity (Wildman–Crippen MR) is 62.0 cm³/mol. The lowest BCUT2D eigenvalue weighted by molar-refractivity contribution is -0.151. The number of esters is 1. The lowest BCUT2D eigenvalue weighted by atomic mass is 9.82. The van der Waals surface area contributed by atoms with Crippen molar-refractivity contribution in [1.82, 2.24) is 4.90 Å². The van der Waals surface area contributed by atoms with Crippen LogP contribution in [-0.4, -0.2) is 49.3 Å². The molecule has 4 heteroatoms. The van der Waals surface area contributed by atoms with Gasteiger partial charge in [0, 0.05) is 13.1 Å². The molecule has 0 aromatic heterocycles. The molecule has 0 aromatic rings. The van der Waals surface area contributed by atoms with Gasteiger partial charge in [0.25, 0.3) is 0 Å². The Bertz CT molecular complexity index is 247. The second-order valence-corrected chi connectivity index (χ2v) is 5.56. The fourth-order valence-corrected chi connectivity index (χ4v) is 2.37. The summed E-state index contributed by atoms with van der Waals surface area (Å²) in [5, 5.41) is 9.20. The lowest BCUT2D eigenvalue weighted by Gasteiger charge is -2.36. The monoisotopic (exact) mass is 229 g/mol. The minimum atomic E-state index is -0.466. The first-order chi connectivity index (χ1) is 7.35. The molecule has 4 nitrogen and oxygen atoms in total. The van der Waals surface area contributed by atoms with E-state index in [0.29, 0.717) is 12.5 Å². The standard InChI is InChI=1S/C12H23NO3/c1-12(2,11(15)16-4)8-13(3)7-9-5-10(14)6-9/h9-10,14H,5-8H2,1-4H3. The predicted octanol–water partition coefficient (Wildman–Crippen LogP) is 0.888. The Hall–Kier alpha value is -0.610. The van der Waals surface area contributed by atoms with Crippen molar-refractivity contribution in [3.05, 3.63) is 0 Å². The number of rotatable bonds is 5. The van der Waals surface area contributed by atoms with Crippen molar-refractivity contribution in [2.24, 2.45) is 11.3 Å². The molecule has 1 aliphatic carbocycles. The van der Waals surface area contributed by atoms with Crippen LogP contribution in [0.4, 0.5) is 0 Å². The molecule has 0 aromatic carbocycles. The number of hydrogen-bond acceptors (Lipinski definition) is 4. The molecule has 1 aliphatic rings. The van der Waals surface area contributed by atoms with Gasteiger partial charge in [-0.1, -0.05) is 0 Å². The first kappa shape index (κ1) is 13.5. The van der Waals surface area contributed by atoms with E-state index in [1.807, 2.05) is 20.9 Å². The van der Waals surface area contributed by atoms with Gasteiger partial charge in [0.2, 0.25) is 0 Å². The number of aliphatic hydroxyl groups excluding tert-OH is 1. The molecule has 0 amide bonds. The van der Waals surface area contributed by atoms with Gasteiger partial charge in [0.15, 0.2) is 0 Å². The molecular weight excluding hydrogens is 206 g/mol. The Morgan fingerprint density at radius 2 is 2.06 bits per heavy atom. The molecule has 0 radical (unpaired) electrons. The quantitative estimate of drug-likeness (QED) is 0.711. The molecule has 1 rings (SSSR count). The third-order valence-corrected chi connectivity index (χ3v) is 3.18. The fraction of sp³-hybridized carbons (Fsp3) is 0.917. The summed E-state index contributed by atoms with van der Waals surface area (Å²) in [5.74, 6) is 0.404. The van der Waals surface area contributed by atoms with Gasteiger partial charge in [0.1, 0.15) is 0 Å². The van der Waals surface area contributed by atoms with Crippen LogP contribution in [0.3, 0.4) is 0 Å². The van der Waals surface area contributed by atoms with E-state index in [2.05, 4.69) is 4.90 Å². The van der Waals surface area contributed by atoms with Crippen molar-refractivity contribution in [3.8, 4) is 0 Å². The Morgan fingerprint density at radius 1 is 1.50 bits per heavy atom. The molecular formula is C12H23NO3. The van der Waals surface area contributed by atoms with Gasteiger partial charge < -0.3 is 14.7 Å². The minimum Gasteiger partial charge on any atom is -0.469 e. The van der Waals surface area contributed by atoms with Crippen LogP contribution < -0.4 is 0 Å². The summed E-state index contributed by atoms with van der Waals surface area (Å²) in [6.45, 7) is 5.42. The van der Waals surface area contributed by atoms with E-state index in [1.54, 1.807) is 0 Å². The van der Waals surface area contributed by atoms with Crippen LogP contribution in [0.15, 0.2) is 0 Å². The second-order valence-electron chi connectivity index (χ2n) is 5.56. The van der Waals surface area contributed by atoms with Crippen LogP contribution in [0, 0.1) is 11.3 Å². The second kappa shape index (κ2) is 5.15. The SMILES string of the molecule is COC(=O)C(C)(C)CN(C)CC1CC(O)C1. The zero-order chi connectivity index (χ0) is 12.3. The molecule has 0 spiro atoms. The van der Waals surface area contributed by atoms with Crippen LogP contribution in [0.1, 0.15) is 26.7 Å². The number of ether oxygens (including phenoxy) is 1. The molecule has 1 N–H and O–H groups in total. The highest BCUT2D eigenvalue weighted by Gasteiger charge is 2.33. The van der Waals surface area contributed by atoms with Crippen LogP contribution in [0.5, 0.6) is 0 Å². The van der Waals surface area contributed by atoms with E-state index in [0.717, 1.165) is 19.4 Å². The smallest absolute Gasteiger partial charge is 0.312 e. The normalized spacial score (nSPS) is 25.4. The number of aliphatic hydroxyl groups is 1. The van der Waals surface area contributed by atoms with E-state index in [-0.39, 0.29) is 12.1 Å². The molecule has 16 heavy (non-hydrogen) atoms. The number of hydrogen-bond donors (Lipinski definition) is 1. The van der Waals surface area contributed by atoms with E-state index in [9.17, 15) is 9.90 Å². The maximum Gasteiger partial charge on any atom is 0.312 e. The highest BCUT2D eigenvalue weighted by Crippen LogP contribution is 2.28. The average Bonchev–Trinajstić information content (AvgIpc) is 2.13. The van der Waals surface area contributed by atoms with Gasteiger partial charge >= 0.3 is 5.97 Å². The summed E-state index contributed by atoms with van der Waals surface area (Å²) in [6, 6.07) is 0. The van der Waals surface area contributed by atoms with Crippen molar-refractivity contribution in [2.75, 3.05) is 27.2 Å². The number of nitrogens with zero attached hydrogens (tertiary/aromatic N) is 1. The molecule has 1 fully saturated rings. The van der Waals surface area contributed by atoms with Gasteiger partial charge in [-0.05, 0) is 39.7 Å². The lowest BCUT2D eigenvalue weighted by Crippen LogP contribution is -2.43. The number of carbonyl (C=O) groups is 1. The molecule has 0 bridgehead atoms. The summed E-state index contributed by atoms with van der Waals surface area (Å²) < 4.78 is 4.77. The first-order valence-corrected chi connectivity index (χ1v) is 5.80. The van der Waals surface area contributed by atoms with E-state index in [4.69, 9.17) is 4.74 Å². The summed E-state index contributed by atoms with van der Waals surface area (Å²) >= 11 is 0. The van der Waals surface area contributed by atoms with Crippen molar-refractivity contribution in [2.45, 2.75) is 32.8 Å². The van der Waals surface area contributed by atoms with Crippen LogP contribution in [0.2, 0.25) is 0 Å². The fourth-order valence-electron chi connectivity index (χ4n) is 2.37. The average molecular weight is 229 g/mol. The summed E-state index contributed by atoms with van der Waals surface area (Å²) in [6.07, 6.45) is 1.68. The topological polar surface area (TPSA) is 49.8 Å². The summed E-state index contributed by atoms with van der Waals surface area (Å²) in [7, 11) is 3.43. The third kappa shape index (κ3) is 3.46. The molecule has 0 unspecified atom stereocenters. The maximum atomic E-state index is 11.5. The van der Waals surface area contributed by atoms with Crippen LogP contribution >= 0.6 is 0 Å². The number of methoxy groups -OCH3 is 1. The molecule has 1 saturated carbocycles. The summed E-state index contributed by atoms with van der Waals surface area (Å²) in [4.78, 5) is 13.6. The molecule has 0 heterocycles. The Kier molecular flexibility index (Phi) is 4.33. The Balaban J connectivity index is 2.32.